The van der Waals surface area contributed by atoms with E-state index in [4.69, 9.17) is 5.90 Å². The number of hydrogen-bond acceptors (Lipinski definition) is 4. The quantitative estimate of drug-likeness (QED) is 0.725. The Bertz CT molecular complexity index is 304. The summed E-state index contributed by atoms with van der Waals surface area (Å²) in [5.74, 6) is 5.78. The van der Waals surface area contributed by atoms with Gasteiger partial charge in [0.25, 0.3) is 0 Å². The first-order chi connectivity index (χ1) is 7.29. The minimum atomic E-state index is 0.702. The molecule has 1 saturated heterocycles. The van der Waals surface area contributed by atoms with Crippen LogP contribution in [0.3, 0.4) is 0 Å². The Morgan fingerprint density at radius 2 is 1.67 bits per heavy atom. The summed E-state index contributed by atoms with van der Waals surface area (Å²) < 4.78 is 0. The summed E-state index contributed by atoms with van der Waals surface area (Å²) in [5.41, 5.74) is 1.24. The van der Waals surface area contributed by atoms with E-state index in [1.807, 2.05) is 24.3 Å². The number of hydrogen-bond donors (Lipinski definition) is 1. The van der Waals surface area contributed by atoms with E-state index in [0.717, 1.165) is 26.2 Å². The Morgan fingerprint density at radius 1 is 1.07 bits per heavy atom. The van der Waals surface area contributed by atoms with Crippen LogP contribution in [0.15, 0.2) is 24.3 Å². The number of benzene rings is 1. The summed E-state index contributed by atoms with van der Waals surface area (Å²) in [6.45, 7) is 4.41. The summed E-state index contributed by atoms with van der Waals surface area (Å²) in [5, 5.41) is 0. The SMILES string of the molecule is CN1CCN(c2ccc(ON)cc2)CC1. The zero-order chi connectivity index (χ0) is 10.7. The van der Waals surface area contributed by atoms with Gasteiger partial charge in [-0.3, -0.25) is 0 Å². The number of nitrogens with two attached hydrogens (primary N) is 1. The Kier molecular flexibility index (Phi) is 3.08. The molecule has 1 aromatic rings. The van der Waals surface area contributed by atoms with Gasteiger partial charge in [-0.05, 0) is 31.3 Å². The third-order valence-corrected chi connectivity index (χ3v) is 2.84. The van der Waals surface area contributed by atoms with Gasteiger partial charge in [0.15, 0.2) is 0 Å². The molecule has 1 heterocycles. The second kappa shape index (κ2) is 4.51. The molecule has 0 saturated carbocycles. The molecular formula is C11H17N3O. The predicted octanol–water partition coefficient (Wildman–Crippen LogP) is 0.691. The van der Waals surface area contributed by atoms with E-state index in [2.05, 4.69) is 21.7 Å². The molecular weight excluding hydrogens is 190 g/mol. The standard InChI is InChI=1S/C11H17N3O/c1-13-6-8-14(9-7-13)10-2-4-11(15-12)5-3-10/h2-5H,6-9,12H2,1H3. The van der Waals surface area contributed by atoms with Crippen LogP contribution in [-0.2, 0) is 0 Å². The van der Waals surface area contributed by atoms with E-state index in [1.165, 1.54) is 5.69 Å². The van der Waals surface area contributed by atoms with Crippen LogP contribution in [0.1, 0.15) is 0 Å². The molecule has 1 aliphatic rings. The van der Waals surface area contributed by atoms with Crippen molar-refractivity contribution in [3.8, 4) is 5.75 Å². The fourth-order valence-electron chi connectivity index (χ4n) is 1.80. The zero-order valence-corrected chi connectivity index (χ0v) is 9.02. The molecule has 1 fully saturated rings. The molecule has 0 radical (unpaired) electrons. The molecule has 4 heteroatoms. The molecule has 4 nitrogen and oxygen atoms in total. The van der Waals surface area contributed by atoms with Crippen molar-refractivity contribution >= 4 is 5.69 Å². The lowest BCUT2D eigenvalue weighted by atomic mass is 10.2. The maximum atomic E-state index is 5.08. The van der Waals surface area contributed by atoms with Gasteiger partial charge in [-0.25, -0.2) is 0 Å². The van der Waals surface area contributed by atoms with Crippen molar-refractivity contribution in [1.29, 1.82) is 0 Å². The highest BCUT2D eigenvalue weighted by atomic mass is 16.6. The van der Waals surface area contributed by atoms with E-state index in [0.29, 0.717) is 5.75 Å². The van der Waals surface area contributed by atoms with Crippen LogP contribution in [0.2, 0.25) is 0 Å². The van der Waals surface area contributed by atoms with Crippen LogP contribution in [0, 0.1) is 0 Å². The Morgan fingerprint density at radius 3 is 2.20 bits per heavy atom. The van der Waals surface area contributed by atoms with E-state index in [9.17, 15) is 0 Å². The highest BCUT2D eigenvalue weighted by Gasteiger charge is 2.13. The van der Waals surface area contributed by atoms with Crippen molar-refractivity contribution < 1.29 is 4.84 Å². The first kappa shape index (κ1) is 10.3. The van der Waals surface area contributed by atoms with Gasteiger partial charge < -0.3 is 14.6 Å². The van der Waals surface area contributed by atoms with Crippen LogP contribution in [0.4, 0.5) is 5.69 Å². The maximum Gasteiger partial charge on any atom is 0.146 e. The molecule has 0 spiro atoms. The second-order valence-electron chi connectivity index (χ2n) is 3.90. The van der Waals surface area contributed by atoms with Crippen LogP contribution < -0.4 is 15.6 Å². The van der Waals surface area contributed by atoms with Gasteiger partial charge in [-0.1, -0.05) is 0 Å². The summed E-state index contributed by atoms with van der Waals surface area (Å²) >= 11 is 0. The predicted molar refractivity (Wildman–Crippen MR) is 61.0 cm³/mol. The minimum Gasteiger partial charge on any atom is -0.412 e. The van der Waals surface area contributed by atoms with Gasteiger partial charge in [0.1, 0.15) is 5.75 Å². The maximum absolute atomic E-state index is 5.08. The van der Waals surface area contributed by atoms with Crippen molar-refractivity contribution in [3.05, 3.63) is 24.3 Å². The topological polar surface area (TPSA) is 41.7 Å². The summed E-state index contributed by atoms with van der Waals surface area (Å²) in [6.07, 6.45) is 0. The fraction of sp³-hybridized carbons (Fsp3) is 0.455. The lowest BCUT2D eigenvalue weighted by Crippen LogP contribution is -2.44. The monoisotopic (exact) mass is 207 g/mol. The number of anilines is 1. The van der Waals surface area contributed by atoms with E-state index < -0.39 is 0 Å². The van der Waals surface area contributed by atoms with Crippen LogP contribution in [0.5, 0.6) is 5.75 Å². The van der Waals surface area contributed by atoms with E-state index in [-0.39, 0.29) is 0 Å². The van der Waals surface area contributed by atoms with Gasteiger partial charge >= 0.3 is 0 Å². The Hall–Kier alpha value is -1.26. The number of nitrogens with zero attached hydrogens (tertiary/aromatic N) is 2. The van der Waals surface area contributed by atoms with Crippen molar-refractivity contribution in [2.75, 3.05) is 38.1 Å². The summed E-state index contributed by atoms with van der Waals surface area (Å²) in [4.78, 5) is 9.36. The molecule has 0 aliphatic carbocycles. The average molecular weight is 207 g/mol. The van der Waals surface area contributed by atoms with Gasteiger partial charge in [0, 0.05) is 31.9 Å². The molecule has 2 rings (SSSR count). The van der Waals surface area contributed by atoms with Gasteiger partial charge in [-0.15, -0.1) is 0 Å². The third-order valence-electron chi connectivity index (χ3n) is 2.84. The highest BCUT2D eigenvalue weighted by Crippen LogP contribution is 2.19. The zero-order valence-electron chi connectivity index (χ0n) is 9.02. The smallest absolute Gasteiger partial charge is 0.146 e. The summed E-state index contributed by atoms with van der Waals surface area (Å²) in [7, 11) is 2.16. The first-order valence-electron chi connectivity index (χ1n) is 5.20. The van der Waals surface area contributed by atoms with E-state index >= 15 is 0 Å². The molecule has 0 aromatic heterocycles. The second-order valence-corrected chi connectivity index (χ2v) is 3.90. The van der Waals surface area contributed by atoms with Crippen LogP contribution in [0.25, 0.3) is 0 Å². The Labute approximate surface area is 90.2 Å². The highest BCUT2D eigenvalue weighted by molar-refractivity contribution is 5.49. The van der Waals surface area contributed by atoms with Crippen molar-refractivity contribution in [1.82, 2.24) is 4.90 Å². The molecule has 2 N–H and O–H groups in total. The summed E-state index contributed by atoms with van der Waals surface area (Å²) in [6, 6.07) is 7.89. The number of rotatable bonds is 2. The Balaban J connectivity index is 2.03. The molecule has 0 unspecified atom stereocenters. The largest absolute Gasteiger partial charge is 0.412 e. The van der Waals surface area contributed by atoms with Gasteiger partial charge in [-0.2, -0.15) is 5.90 Å². The van der Waals surface area contributed by atoms with Crippen molar-refractivity contribution in [3.63, 3.8) is 0 Å². The van der Waals surface area contributed by atoms with Gasteiger partial charge in [0.2, 0.25) is 0 Å². The van der Waals surface area contributed by atoms with E-state index in [1.54, 1.807) is 0 Å². The average Bonchev–Trinajstić information content (AvgIpc) is 2.30. The van der Waals surface area contributed by atoms with Crippen molar-refractivity contribution in [2.45, 2.75) is 0 Å². The molecule has 82 valence electrons. The molecule has 1 aliphatic heterocycles. The molecule has 15 heavy (non-hydrogen) atoms. The first-order valence-corrected chi connectivity index (χ1v) is 5.20. The normalized spacial score (nSPS) is 17.9. The van der Waals surface area contributed by atoms with Crippen molar-refractivity contribution in [2.24, 2.45) is 5.90 Å². The minimum absolute atomic E-state index is 0.702. The molecule has 0 bridgehead atoms. The molecule has 1 aromatic carbocycles. The fourth-order valence-corrected chi connectivity index (χ4v) is 1.80. The molecule has 0 atom stereocenters. The van der Waals surface area contributed by atoms with Crippen LogP contribution >= 0.6 is 0 Å². The molecule has 0 amide bonds. The third kappa shape index (κ3) is 2.40. The number of likely N-dealkylation sites (N-methyl/N-ethyl adjacent to an activating group) is 1. The van der Waals surface area contributed by atoms with Crippen LogP contribution in [-0.4, -0.2) is 38.1 Å². The van der Waals surface area contributed by atoms with Gasteiger partial charge in [0.05, 0.1) is 0 Å². The number of piperazine rings is 1. The lowest BCUT2D eigenvalue weighted by molar-refractivity contribution is 0.312. The lowest BCUT2D eigenvalue weighted by Gasteiger charge is -2.34.